The number of hydrogen-bond donors (Lipinski definition) is 1. The van der Waals surface area contributed by atoms with Gasteiger partial charge >= 0.3 is 0 Å². The molecule has 0 saturated heterocycles. The molecule has 3 aliphatic rings. The number of nitrogens with one attached hydrogen (secondary N) is 1. The minimum absolute atomic E-state index is 0.0292. The molecule has 146 valence electrons. The van der Waals surface area contributed by atoms with Crippen molar-refractivity contribution in [3.8, 4) is 0 Å². The fraction of sp³-hybridized carbons (Fsp3) is 0.682. The molecule has 0 atom stereocenters. The first-order valence-corrected chi connectivity index (χ1v) is 10.5. The highest BCUT2D eigenvalue weighted by molar-refractivity contribution is 5.97. The topological polar surface area (TPSA) is 61.4 Å². The van der Waals surface area contributed by atoms with Crippen LogP contribution in [0.2, 0.25) is 0 Å². The molecule has 2 aliphatic heterocycles. The van der Waals surface area contributed by atoms with Crippen LogP contribution in [0.25, 0.3) is 0 Å². The van der Waals surface area contributed by atoms with Crippen LogP contribution in [0.15, 0.2) is 20.9 Å². The molecule has 4 rings (SSSR count). The maximum Gasteiger partial charge on any atom is 0.255 e. The first-order valence-electron chi connectivity index (χ1n) is 10.5. The van der Waals surface area contributed by atoms with E-state index in [1.165, 1.54) is 19.3 Å². The molecule has 0 fully saturated rings. The molecule has 1 aliphatic carbocycles. The fourth-order valence-corrected chi connectivity index (χ4v) is 4.89. The van der Waals surface area contributed by atoms with E-state index in [0.717, 1.165) is 62.3 Å². The monoisotopic (exact) mass is 368 g/mol. The molecule has 0 saturated carbocycles. The number of aromatic amines is 1. The maximum absolute atomic E-state index is 12.8. The third-order valence-corrected chi connectivity index (χ3v) is 6.61. The summed E-state index contributed by atoms with van der Waals surface area (Å²) in [6, 6.07) is 0. The minimum Gasteiger partial charge on any atom is -0.305 e. The molecule has 0 unspecified atom stereocenters. The number of rotatable bonds is 3. The van der Waals surface area contributed by atoms with Gasteiger partial charge < -0.3 is 4.98 Å². The van der Waals surface area contributed by atoms with Gasteiger partial charge in [-0.2, -0.15) is 0 Å². The third-order valence-electron chi connectivity index (χ3n) is 6.61. The maximum atomic E-state index is 12.8. The molecule has 5 heteroatoms. The SMILES string of the molecule is CC1=C(CN2CCc3nc(C4=NCCCC4)[nH]c(=O)c3C2)C(C)(C)CCC1. The van der Waals surface area contributed by atoms with Gasteiger partial charge in [0.05, 0.1) is 17.0 Å². The van der Waals surface area contributed by atoms with Gasteiger partial charge in [-0.05, 0) is 50.9 Å². The summed E-state index contributed by atoms with van der Waals surface area (Å²) in [6.07, 6.45) is 7.83. The zero-order valence-electron chi connectivity index (χ0n) is 17.0. The molecule has 0 aromatic carbocycles. The lowest BCUT2D eigenvalue weighted by Gasteiger charge is -2.38. The van der Waals surface area contributed by atoms with Crippen molar-refractivity contribution in [3.05, 3.63) is 38.6 Å². The van der Waals surface area contributed by atoms with E-state index >= 15 is 0 Å². The number of aromatic nitrogens is 2. The molecule has 1 N–H and O–H groups in total. The average molecular weight is 369 g/mol. The van der Waals surface area contributed by atoms with E-state index < -0.39 is 0 Å². The minimum atomic E-state index is 0.0292. The van der Waals surface area contributed by atoms with Gasteiger partial charge in [0.1, 0.15) is 0 Å². The van der Waals surface area contributed by atoms with Gasteiger partial charge in [-0.1, -0.05) is 25.0 Å². The van der Waals surface area contributed by atoms with Crippen LogP contribution < -0.4 is 5.56 Å². The average Bonchev–Trinajstić information content (AvgIpc) is 2.65. The van der Waals surface area contributed by atoms with Crippen molar-refractivity contribution in [1.82, 2.24) is 14.9 Å². The van der Waals surface area contributed by atoms with Crippen LogP contribution in [0, 0.1) is 5.41 Å². The summed E-state index contributed by atoms with van der Waals surface area (Å²) in [5.41, 5.74) is 6.25. The molecule has 1 aromatic rings. The molecule has 1 aromatic heterocycles. The number of nitrogens with zero attached hydrogens (tertiary/aromatic N) is 3. The van der Waals surface area contributed by atoms with Crippen molar-refractivity contribution in [2.45, 2.75) is 72.3 Å². The Balaban J connectivity index is 1.55. The van der Waals surface area contributed by atoms with Gasteiger partial charge in [0.25, 0.3) is 5.56 Å². The quantitative estimate of drug-likeness (QED) is 0.829. The Morgan fingerprint density at radius 3 is 2.74 bits per heavy atom. The Labute approximate surface area is 162 Å². The number of allylic oxidation sites excluding steroid dienone is 1. The summed E-state index contributed by atoms with van der Waals surface area (Å²) in [5, 5.41) is 0. The van der Waals surface area contributed by atoms with Crippen molar-refractivity contribution in [2.75, 3.05) is 19.6 Å². The summed E-state index contributed by atoms with van der Waals surface area (Å²) in [5.74, 6) is 0.707. The van der Waals surface area contributed by atoms with Crippen LogP contribution in [0.4, 0.5) is 0 Å². The molecular weight excluding hydrogens is 336 g/mol. The predicted molar refractivity (Wildman–Crippen MR) is 109 cm³/mol. The molecule has 0 bridgehead atoms. The van der Waals surface area contributed by atoms with Crippen molar-refractivity contribution >= 4 is 5.71 Å². The lowest BCUT2D eigenvalue weighted by molar-refractivity contribution is 0.238. The van der Waals surface area contributed by atoms with Crippen LogP contribution in [-0.2, 0) is 13.0 Å². The lowest BCUT2D eigenvalue weighted by atomic mass is 9.72. The van der Waals surface area contributed by atoms with E-state index in [-0.39, 0.29) is 11.0 Å². The van der Waals surface area contributed by atoms with Crippen LogP contribution in [0.3, 0.4) is 0 Å². The zero-order chi connectivity index (χ0) is 19.0. The highest BCUT2D eigenvalue weighted by atomic mass is 16.1. The van der Waals surface area contributed by atoms with Crippen molar-refractivity contribution in [3.63, 3.8) is 0 Å². The van der Waals surface area contributed by atoms with E-state index in [9.17, 15) is 4.79 Å². The van der Waals surface area contributed by atoms with E-state index in [2.05, 4.69) is 35.6 Å². The molecule has 0 amide bonds. The van der Waals surface area contributed by atoms with E-state index in [0.29, 0.717) is 12.4 Å². The second-order valence-electron chi connectivity index (χ2n) is 9.08. The van der Waals surface area contributed by atoms with E-state index in [1.54, 1.807) is 11.1 Å². The summed E-state index contributed by atoms with van der Waals surface area (Å²) in [6.45, 7) is 10.5. The molecule has 3 heterocycles. The number of aliphatic imine (C=N–C) groups is 1. The summed E-state index contributed by atoms with van der Waals surface area (Å²) < 4.78 is 0. The van der Waals surface area contributed by atoms with Crippen molar-refractivity contribution in [2.24, 2.45) is 10.4 Å². The first-order chi connectivity index (χ1) is 12.9. The van der Waals surface area contributed by atoms with Gasteiger partial charge in [-0.25, -0.2) is 4.98 Å². The van der Waals surface area contributed by atoms with Crippen molar-refractivity contribution in [1.29, 1.82) is 0 Å². The normalized spacial score (nSPS) is 23.1. The number of fused-ring (bicyclic) bond motifs is 1. The van der Waals surface area contributed by atoms with Crippen molar-refractivity contribution < 1.29 is 0 Å². The highest BCUT2D eigenvalue weighted by Crippen LogP contribution is 2.40. The Morgan fingerprint density at radius 2 is 2.00 bits per heavy atom. The van der Waals surface area contributed by atoms with Gasteiger partial charge in [0.15, 0.2) is 5.82 Å². The Morgan fingerprint density at radius 1 is 1.15 bits per heavy atom. The zero-order valence-corrected chi connectivity index (χ0v) is 17.0. The van der Waals surface area contributed by atoms with Gasteiger partial charge in [0, 0.05) is 32.6 Å². The Bertz CT molecular complexity index is 846. The van der Waals surface area contributed by atoms with E-state index in [1.807, 2.05) is 0 Å². The third kappa shape index (κ3) is 3.79. The fourth-order valence-electron chi connectivity index (χ4n) is 4.89. The second kappa shape index (κ2) is 7.34. The molecule has 5 nitrogen and oxygen atoms in total. The van der Waals surface area contributed by atoms with E-state index in [4.69, 9.17) is 4.98 Å². The standard InChI is InChI=1S/C22H32N4O/c1-15-7-6-10-22(2,3)17(15)14-26-12-9-18-16(13-26)21(27)25-20(24-18)19-8-4-5-11-23-19/h4-14H2,1-3H3,(H,24,25,27). The number of H-pyrrole nitrogens is 1. The Hall–Kier alpha value is -1.75. The highest BCUT2D eigenvalue weighted by Gasteiger charge is 2.31. The summed E-state index contributed by atoms with van der Waals surface area (Å²) in [7, 11) is 0. The van der Waals surface area contributed by atoms with Gasteiger partial charge in [-0.15, -0.1) is 0 Å². The lowest BCUT2D eigenvalue weighted by Crippen LogP contribution is -2.40. The molecular formula is C22H32N4O. The molecule has 0 spiro atoms. The van der Waals surface area contributed by atoms with Gasteiger partial charge in [0.2, 0.25) is 0 Å². The van der Waals surface area contributed by atoms with Crippen LogP contribution >= 0.6 is 0 Å². The predicted octanol–water partition coefficient (Wildman–Crippen LogP) is 3.63. The van der Waals surface area contributed by atoms with Gasteiger partial charge in [-0.3, -0.25) is 14.7 Å². The second-order valence-corrected chi connectivity index (χ2v) is 9.08. The smallest absolute Gasteiger partial charge is 0.255 e. The number of hydrogen-bond acceptors (Lipinski definition) is 4. The van der Waals surface area contributed by atoms with Crippen LogP contribution in [0.5, 0.6) is 0 Å². The molecule has 0 radical (unpaired) electrons. The first kappa shape index (κ1) is 18.6. The van der Waals surface area contributed by atoms with Crippen LogP contribution in [0.1, 0.15) is 76.4 Å². The van der Waals surface area contributed by atoms with Crippen LogP contribution in [-0.4, -0.2) is 40.2 Å². The summed E-state index contributed by atoms with van der Waals surface area (Å²) >= 11 is 0. The largest absolute Gasteiger partial charge is 0.305 e. The molecule has 27 heavy (non-hydrogen) atoms. The summed E-state index contributed by atoms with van der Waals surface area (Å²) in [4.78, 5) is 27.6. The Kier molecular flexibility index (Phi) is 5.06.